The number of esters is 1. The van der Waals surface area contributed by atoms with Crippen molar-refractivity contribution in [1.29, 1.82) is 0 Å². The van der Waals surface area contributed by atoms with Gasteiger partial charge in [0.25, 0.3) is 0 Å². The first kappa shape index (κ1) is 12.7. The van der Waals surface area contributed by atoms with Gasteiger partial charge in [-0.05, 0) is 27.2 Å². The molecule has 0 radical (unpaired) electrons. The number of hydrogen-bond acceptors (Lipinski definition) is 3. The Labute approximate surface area is 83.6 Å². The van der Waals surface area contributed by atoms with E-state index in [1.165, 1.54) is 6.92 Å². The zero-order valence-corrected chi connectivity index (χ0v) is 8.79. The Morgan fingerprint density at radius 2 is 2.00 bits per heavy atom. The number of ether oxygens (including phenoxy) is 1. The summed E-state index contributed by atoms with van der Waals surface area (Å²) in [6, 6.07) is 0. The lowest BCUT2D eigenvalue weighted by Gasteiger charge is -2.22. The van der Waals surface area contributed by atoms with Gasteiger partial charge in [-0.25, -0.2) is 0 Å². The Morgan fingerprint density at radius 1 is 1.50 bits per heavy atom. The second kappa shape index (κ2) is 4.79. The zero-order chi connectivity index (χ0) is 11.4. The number of carbonyl (C=O) groups is 2. The Morgan fingerprint density at radius 3 is 2.29 bits per heavy atom. The topological polar surface area (TPSA) is 63.6 Å². The molecule has 1 N–H and O–H groups in total. The number of carbonyl (C=O) groups excluding carboxylic acids is 1. The molecule has 14 heavy (non-hydrogen) atoms. The third kappa shape index (κ3) is 2.87. The zero-order valence-electron chi connectivity index (χ0n) is 8.79. The fourth-order valence-electron chi connectivity index (χ4n) is 1.13. The lowest BCUT2D eigenvalue weighted by atomic mass is 9.84. The van der Waals surface area contributed by atoms with Crippen LogP contribution in [-0.2, 0) is 14.3 Å². The average molecular weight is 200 g/mol. The Hall–Kier alpha value is -1.32. The third-order valence-electron chi connectivity index (χ3n) is 1.85. The highest BCUT2D eigenvalue weighted by Gasteiger charge is 2.42. The molecule has 1 unspecified atom stereocenters. The molecule has 0 heterocycles. The molecule has 0 aromatic rings. The minimum atomic E-state index is -1.51. The van der Waals surface area contributed by atoms with Crippen LogP contribution in [0.3, 0.4) is 0 Å². The van der Waals surface area contributed by atoms with Crippen molar-refractivity contribution < 1.29 is 19.4 Å². The van der Waals surface area contributed by atoms with Crippen LogP contribution in [0.5, 0.6) is 0 Å². The van der Waals surface area contributed by atoms with E-state index in [0.717, 1.165) is 0 Å². The van der Waals surface area contributed by atoms with Crippen molar-refractivity contribution >= 4 is 11.9 Å². The summed E-state index contributed by atoms with van der Waals surface area (Å²) in [6.45, 7) is 8.44. The highest BCUT2D eigenvalue weighted by atomic mass is 16.5. The molecule has 0 aliphatic heterocycles. The van der Waals surface area contributed by atoms with Crippen LogP contribution < -0.4 is 0 Å². The molecule has 1 atom stereocenters. The van der Waals surface area contributed by atoms with Crippen molar-refractivity contribution in [3.8, 4) is 0 Å². The van der Waals surface area contributed by atoms with Crippen LogP contribution in [0.25, 0.3) is 0 Å². The van der Waals surface area contributed by atoms with Gasteiger partial charge in [-0.15, -0.1) is 6.58 Å². The molecular formula is C10H16O4. The maximum absolute atomic E-state index is 11.4. The van der Waals surface area contributed by atoms with Crippen molar-refractivity contribution in [2.45, 2.75) is 27.2 Å². The maximum Gasteiger partial charge on any atom is 0.323 e. The molecule has 0 saturated carbocycles. The predicted molar refractivity (Wildman–Crippen MR) is 51.8 cm³/mol. The summed E-state index contributed by atoms with van der Waals surface area (Å²) in [7, 11) is 0. The highest BCUT2D eigenvalue weighted by molar-refractivity contribution is 5.98. The number of rotatable bonds is 5. The van der Waals surface area contributed by atoms with Gasteiger partial charge in [-0.3, -0.25) is 9.59 Å². The van der Waals surface area contributed by atoms with Gasteiger partial charge in [0, 0.05) is 0 Å². The molecule has 0 aromatic heterocycles. The molecule has 4 nitrogen and oxygen atoms in total. The number of carboxylic acid groups (broad SMARTS) is 1. The molecule has 0 spiro atoms. The number of aliphatic carboxylic acids is 1. The van der Waals surface area contributed by atoms with Crippen LogP contribution >= 0.6 is 0 Å². The second-order valence-corrected chi connectivity index (χ2v) is 3.49. The summed E-state index contributed by atoms with van der Waals surface area (Å²) < 4.78 is 4.71. The SMILES string of the molecule is C=C(C)CC(C)(C(=O)O)C(=O)OCC. The maximum atomic E-state index is 11.4. The second-order valence-electron chi connectivity index (χ2n) is 3.49. The van der Waals surface area contributed by atoms with Crippen molar-refractivity contribution in [1.82, 2.24) is 0 Å². The van der Waals surface area contributed by atoms with Crippen LogP contribution in [0.2, 0.25) is 0 Å². The molecular weight excluding hydrogens is 184 g/mol. The van der Waals surface area contributed by atoms with Gasteiger partial charge in [0.2, 0.25) is 0 Å². The average Bonchev–Trinajstić information content (AvgIpc) is 2.02. The van der Waals surface area contributed by atoms with Gasteiger partial charge < -0.3 is 9.84 Å². The van der Waals surface area contributed by atoms with Gasteiger partial charge in [0.15, 0.2) is 5.41 Å². The van der Waals surface area contributed by atoms with Crippen LogP contribution in [0.4, 0.5) is 0 Å². The van der Waals surface area contributed by atoms with Crippen LogP contribution in [0.1, 0.15) is 27.2 Å². The number of hydrogen-bond donors (Lipinski definition) is 1. The lowest BCUT2D eigenvalue weighted by molar-refractivity contribution is -0.167. The molecule has 4 heteroatoms. The van der Waals surface area contributed by atoms with E-state index in [1.54, 1.807) is 13.8 Å². The first-order valence-corrected chi connectivity index (χ1v) is 4.39. The van der Waals surface area contributed by atoms with Crippen molar-refractivity contribution in [2.75, 3.05) is 6.61 Å². The monoisotopic (exact) mass is 200 g/mol. The summed E-state index contributed by atoms with van der Waals surface area (Å²) in [5, 5.41) is 8.94. The van der Waals surface area contributed by atoms with E-state index in [9.17, 15) is 9.59 Å². The standard InChI is InChI=1S/C10H16O4/c1-5-14-9(13)10(4,8(11)12)6-7(2)3/h2,5-6H2,1,3-4H3,(H,11,12). The highest BCUT2D eigenvalue weighted by Crippen LogP contribution is 2.27. The molecule has 0 bridgehead atoms. The molecule has 80 valence electrons. The van der Waals surface area contributed by atoms with E-state index in [4.69, 9.17) is 9.84 Å². The van der Waals surface area contributed by atoms with E-state index < -0.39 is 17.4 Å². The summed E-state index contributed by atoms with van der Waals surface area (Å²) in [6.07, 6.45) is 0.0984. The van der Waals surface area contributed by atoms with Gasteiger partial charge in [-0.1, -0.05) is 5.57 Å². The number of allylic oxidation sites excluding steroid dienone is 1. The molecule has 0 aromatic carbocycles. The van der Waals surface area contributed by atoms with Crippen molar-refractivity contribution in [3.05, 3.63) is 12.2 Å². The fourth-order valence-corrected chi connectivity index (χ4v) is 1.13. The summed E-state index contributed by atoms with van der Waals surface area (Å²) in [5.74, 6) is -1.89. The van der Waals surface area contributed by atoms with Crippen LogP contribution in [0.15, 0.2) is 12.2 Å². The largest absolute Gasteiger partial charge is 0.480 e. The summed E-state index contributed by atoms with van der Waals surface area (Å²) in [4.78, 5) is 22.3. The molecule has 0 aliphatic carbocycles. The van der Waals surface area contributed by atoms with Gasteiger partial charge >= 0.3 is 11.9 Å². The normalized spacial score (nSPS) is 14.2. The quantitative estimate of drug-likeness (QED) is 0.416. The molecule has 0 amide bonds. The van der Waals surface area contributed by atoms with E-state index in [1.807, 2.05) is 0 Å². The van der Waals surface area contributed by atoms with E-state index in [0.29, 0.717) is 5.57 Å². The van der Waals surface area contributed by atoms with Crippen LogP contribution in [0, 0.1) is 5.41 Å². The smallest absolute Gasteiger partial charge is 0.323 e. The first-order chi connectivity index (χ1) is 6.34. The molecule has 0 saturated heterocycles. The Balaban J connectivity index is 4.80. The lowest BCUT2D eigenvalue weighted by Crippen LogP contribution is -2.38. The van der Waals surface area contributed by atoms with Crippen LogP contribution in [-0.4, -0.2) is 23.7 Å². The van der Waals surface area contributed by atoms with Gasteiger partial charge in [-0.2, -0.15) is 0 Å². The molecule has 0 rings (SSSR count). The van der Waals surface area contributed by atoms with E-state index >= 15 is 0 Å². The fraction of sp³-hybridized carbons (Fsp3) is 0.600. The molecule has 0 fully saturated rings. The third-order valence-corrected chi connectivity index (χ3v) is 1.85. The van der Waals surface area contributed by atoms with Crippen molar-refractivity contribution in [3.63, 3.8) is 0 Å². The van der Waals surface area contributed by atoms with E-state index in [-0.39, 0.29) is 13.0 Å². The summed E-state index contributed by atoms with van der Waals surface area (Å²) in [5.41, 5.74) is -0.870. The van der Waals surface area contributed by atoms with E-state index in [2.05, 4.69) is 6.58 Å². The minimum absolute atomic E-state index is 0.0984. The predicted octanol–water partition coefficient (Wildman–Crippen LogP) is 1.61. The Bertz CT molecular complexity index is 257. The van der Waals surface area contributed by atoms with Gasteiger partial charge in [0.05, 0.1) is 6.61 Å². The molecule has 0 aliphatic rings. The van der Waals surface area contributed by atoms with Crippen molar-refractivity contribution in [2.24, 2.45) is 5.41 Å². The summed E-state index contributed by atoms with van der Waals surface area (Å²) >= 11 is 0. The first-order valence-electron chi connectivity index (χ1n) is 4.39. The Kier molecular flexibility index (Phi) is 4.34. The van der Waals surface area contributed by atoms with Gasteiger partial charge in [0.1, 0.15) is 0 Å². The number of carboxylic acids is 1. The minimum Gasteiger partial charge on any atom is -0.480 e.